The number of aromatic nitrogens is 4. The molecule has 0 saturated heterocycles. The fourth-order valence-corrected chi connectivity index (χ4v) is 3.78. The average Bonchev–Trinajstić information content (AvgIpc) is 3.13. The van der Waals surface area contributed by atoms with Crippen molar-refractivity contribution in [2.75, 3.05) is 6.54 Å². The van der Waals surface area contributed by atoms with E-state index in [0.717, 1.165) is 18.3 Å². The Morgan fingerprint density at radius 2 is 2.00 bits per heavy atom. The molecule has 1 aliphatic rings. The Kier molecular flexibility index (Phi) is 4.97. The maximum atomic E-state index is 13.1. The van der Waals surface area contributed by atoms with Gasteiger partial charge in [-0.2, -0.15) is 17.9 Å². The van der Waals surface area contributed by atoms with Crippen molar-refractivity contribution in [3.63, 3.8) is 0 Å². The predicted molar refractivity (Wildman–Crippen MR) is 98.7 cm³/mol. The first kappa shape index (κ1) is 20.3. The standard InChI is InChI=1S/C19H14ClF4N5O/c1-10-17-14(29(27-26-17)15-6-5-11(21)9-25-15)7-8-28(10)18(30)12-3-2-4-13(16(12)20)19(22,23)24/h2-6,9-10H,7-8H2,1H3/t10-/m1/s1. The summed E-state index contributed by atoms with van der Waals surface area (Å²) in [6.45, 7) is 1.92. The van der Waals surface area contributed by atoms with Gasteiger partial charge in [0.05, 0.1) is 34.1 Å². The summed E-state index contributed by atoms with van der Waals surface area (Å²) >= 11 is 5.91. The third-order valence-corrected chi connectivity index (χ3v) is 5.38. The number of fused-ring (bicyclic) bond motifs is 1. The normalized spacial score (nSPS) is 16.5. The van der Waals surface area contributed by atoms with Crippen molar-refractivity contribution in [3.8, 4) is 5.82 Å². The molecular formula is C19H14ClF4N5O. The molecule has 11 heteroatoms. The molecular weight excluding hydrogens is 426 g/mol. The van der Waals surface area contributed by atoms with Gasteiger partial charge in [-0.25, -0.2) is 9.37 Å². The highest BCUT2D eigenvalue weighted by Gasteiger charge is 2.37. The van der Waals surface area contributed by atoms with Gasteiger partial charge in [-0.05, 0) is 31.2 Å². The van der Waals surface area contributed by atoms with Crippen LogP contribution in [0.2, 0.25) is 5.02 Å². The van der Waals surface area contributed by atoms with E-state index in [0.29, 0.717) is 23.6 Å². The second-order valence-corrected chi connectivity index (χ2v) is 7.14. The van der Waals surface area contributed by atoms with Crippen molar-refractivity contribution < 1.29 is 22.4 Å². The molecule has 156 valence electrons. The van der Waals surface area contributed by atoms with Gasteiger partial charge < -0.3 is 4.90 Å². The quantitative estimate of drug-likeness (QED) is 0.560. The van der Waals surface area contributed by atoms with E-state index in [1.54, 1.807) is 6.92 Å². The van der Waals surface area contributed by atoms with Gasteiger partial charge in [-0.1, -0.05) is 22.9 Å². The highest BCUT2D eigenvalue weighted by Crippen LogP contribution is 2.38. The average molecular weight is 440 g/mol. The number of hydrogen-bond acceptors (Lipinski definition) is 4. The molecule has 1 aliphatic heterocycles. The van der Waals surface area contributed by atoms with Crippen molar-refractivity contribution >= 4 is 17.5 Å². The van der Waals surface area contributed by atoms with E-state index in [2.05, 4.69) is 15.3 Å². The topological polar surface area (TPSA) is 63.9 Å². The van der Waals surface area contributed by atoms with Crippen molar-refractivity contribution in [2.45, 2.75) is 25.6 Å². The minimum Gasteiger partial charge on any atom is -0.330 e. The molecule has 6 nitrogen and oxygen atoms in total. The molecule has 0 N–H and O–H groups in total. The lowest BCUT2D eigenvalue weighted by molar-refractivity contribution is -0.137. The van der Waals surface area contributed by atoms with Crippen LogP contribution in [0.5, 0.6) is 0 Å². The van der Waals surface area contributed by atoms with E-state index >= 15 is 0 Å². The Morgan fingerprint density at radius 3 is 2.67 bits per heavy atom. The Hall–Kier alpha value is -3.01. The van der Waals surface area contributed by atoms with Gasteiger partial charge in [0.2, 0.25) is 0 Å². The van der Waals surface area contributed by atoms with Gasteiger partial charge in [-0.15, -0.1) is 5.10 Å². The maximum Gasteiger partial charge on any atom is 0.417 e. The first-order chi connectivity index (χ1) is 14.2. The van der Waals surface area contributed by atoms with Crippen LogP contribution in [0.15, 0.2) is 36.5 Å². The van der Waals surface area contributed by atoms with E-state index in [9.17, 15) is 22.4 Å². The molecule has 4 rings (SSSR count). The van der Waals surface area contributed by atoms with E-state index < -0.39 is 34.5 Å². The lowest BCUT2D eigenvalue weighted by atomic mass is 10.0. The number of amides is 1. The van der Waals surface area contributed by atoms with E-state index in [1.807, 2.05) is 0 Å². The minimum absolute atomic E-state index is 0.216. The first-order valence-electron chi connectivity index (χ1n) is 8.91. The maximum absolute atomic E-state index is 13.1. The number of nitrogens with zero attached hydrogens (tertiary/aromatic N) is 5. The van der Waals surface area contributed by atoms with Crippen LogP contribution in [0.1, 0.15) is 40.3 Å². The van der Waals surface area contributed by atoms with Crippen LogP contribution in [0.4, 0.5) is 17.6 Å². The molecule has 0 aliphatic carbocycles. The number of rotatable bonds is 2. The van der Waals surface area contributed by atoms with Crippen LogP contribution >= 0.6 is 11.6 Å². The third kappa shape index (κ3) is 3.41. The summed E-state index contributed by atoms with van der Waals surface area (Å²) in [7, 11) is 0. The summed E-state index contributed by atoms with van der Waals surface area (Å²) in [5.74, 6) is -0.743. The van der Waals surface area contributed by atoms with Gasteiger partial charge in [0, 0.05) is 13.0 Å². The summed E-state index contributed by atoms with van der Waals surface area (Å²) < 4.78 is 54.0. The minimum atomic E-state index is -4.67. The van der Waals surface area contributed by atoms with Crippen molar-refractivity contribution in [3.05, 3.63) is 69.9 Å². The molecule has 1 amide bonds. The Labute approximate surface area is 173 Å². The van der Waals surface area contributed by atoms with Crippen LogP contribution in [-0.2, 0) is 12.6 Å². The molecule has 0 bridgehead atoms. The fraction of sp³-hybridized carbons (Fsp3) is 0.263. The second kappa shape index (κ2) is 7.35. The third-order valence-electron chi connectivity index (χ3n) is 4.97. The van der Waals surface area contributed by atoms with Crippen molar-refractivity contribution in [1.29, 1.82) is 0 Å². The second-order valence-electron chi connectivity index (χ2n) is 6.76. The highest BCUT2D eigenvalue weighted by atomic mass is 35.5. The molecule has 0 spiro atoms. The van der Waals surface area contributed by atoms with Crippen LogP contribution in [0.25, 0.3) is 5.82 Å². The lowest BCUT2D eigenvalue weighted by Crippen LogP contribution is -2.39. The number of halogens is 5. The number of alkyl halides is 3. The Balaban J connectivity index is 1.66. The molecule has 3 heterocycles. The molecule has 30 heavy (non-hydrogen) atoms. The van der Waals surface area contributed by atoms with E-state index in [-0.39, 0.29) is 12.1 Å². The van der Waals surface area contributed by atoms with Crippen LogP contribution in [0, 0.1) is 5.82 Å². The lowest BCUT2D eigenvalue weighted by Gasteiger charge is -2.33. The summed E-state index contributed by atoms with van der Waals surface area (Å²) in [6, 6.07) is 5.39. The monoisotopic (exact) mass is 439 g/mol. The fourth-order valence-electron chi connectivity index (χ4n) is 3.46. The number of carbonyl (C=O) groups excluding carboxylic acids is 1. The zero-order valence-electron chi connectivity index (χ0n) is 15.5. The van der Waals surface area contributed by atoms with E-state index in [4.69, 9.17) is 11.6 Å². The molecule has 1 aromatic carbocycles. The molecule has 3 aromatic rings. The smallest absolute Gasteiger partial charge is 0.330 e. The first-order valence-corrected chi connectivity index (χ1v) is 9.29. The van der Waals surface area contributed by atoms with Crippen molar-refractivity contribution in [1.82, 2.24) is 24.9 Å². The predicted octanol–water partition coefficient (Wildman–Crippen LogP) is 4.23. The SMILES string of the molecule is C[C@@H]1c2nnn(-c3ccc(F)cn3)c2CCN1C(=O)c1cccc(C(F)(F)F)c1Cl. The summed E-state index contributed by atoms with van der Waals surface area (Å²) in [4.78, 5) is 18.4. The zero-order chi connectivity index (χ0) is 21.6. The molecule has 0 fully saturated rings. The van der Waals surface area contributed by atoms with Gasteiger partial charge in [-0.3, -0.25) is 4.79 Å². The van der Waals surface area contributed by atoms with Gasteiger partial charge >= 0.3 is 6.18 Å². The molecule has 0 unspecified atom stereocenters. The van der Waals surface area contributed by atoms with Crippen LogP contribution in [-0.4, -0.2) is 37.3 Å². The number of hydrogen-bond donors (Lipinski definition) is 0. The number of carbonyl (C=O) groups is 1. The Morgan fingerprint density at radius 1 is 1.23 bits per heavy atom. The van der Waals surface area contributed by atoms with Crippen molar-refractivity contribution in [2.24, 2.45) is 0 Å². The van der Waals surface area contributed by atoms with Gasteiger partial charge in [0.15, 0.2) is 5.82 Å². The van der Waals surface area contributed by atoms with Crippen LogP contribution < -0.4 is 0 Å². The molecule has 0 radical (unpaired) electrons. The number of pyridine rings is 1. The summed E-state index contributed by atoms with van der Waals surface area (Å²) in [5, 5.41) is 7.53. The molecule has 1 atom stereocenters. The van der Waals surface area contributed by atoms with Gasteiger partial charge in [0.1, 0.15) is 11.5 Å². The zero-order valence-corrected chi connectivity index (χ0v) is 16.2. The van der Waals surface area contributed by atoms with E-state index in [1.165, 1.54) is 27.8 Å². The number of benzene rings is 1. The Bertz CT molecular complexity index is 1110. The summed E-state index contributed by atoms with van der Waals surface area (Å²) in [6.07, 6.45) is -3.27. The highest BCUT2D eigenvalue weighted by molar-refractivity contribution is 6.34. The van der Waals surface area contributed by atoms with Crippen LogP contribution in [0.3, 0.4) is 0 Å². The molecule has 2 aromatic heterocycles. The largest absolute Gasteiger partial charge is 0.417 e. The molecule has 0 saturated carbocycles. The summed E-state index contributed by atoms with van der Waals surface area (Å²) in [5.41, 5.74) is -0.104. The van der Waals surface area contributed by atoms with Gasteiger partial charge in [0.25, 0.3) is 5.91 Å².